The Morgan fingerprint density at radius 2 is 1.75 bits per heavy atom. The first-order valence-electron chi connectivity index (χ1n) is 10.4. The molecule has 0 bridgehead atoms. The standard InChI is InChI=1S/C19H32NO7P/c21-17(10-9-14-5-4-6-15(11-14)12-28(24)25)20-19(23)27-13-26-18(22)16-7-2-1-3-8-16/h14-17,21H,1-13H2,(H-,20,23,24,25)/p+1. The van der Waals surface area contributed by atoms with E-state index in [0.29, 0.717) is 18.5 Å². The number of amides is 1. The summed E-state index contributed by atoms with van der Waals surface area (Å²) < 4.78 is 20.8. The number of rotatable bonds is 9. The lowest BCUT2D eigenvalue weighted by Gasteiger charge is -2.27. The van der Waals surface area contributed by atoms with Crippen LogP contribution in [0.15, 0.2) is 0 Å². The minimum absolute atomic E-state index is 0.103. The molecule has 2 aliphatic rings. The number of carbonyl (C=O) groups is 2. The van der Waals surface area contributed by atoms with E-state index < -0.39 is 27.1 Å². The van der Waals surface area contributed by atoms with Crippen LogP contribution < -0.4 is 5.32 Å². The highest BCUT2D eigenvalue weighted by Gasteiger charge is 2.28. The quantitative estimate of drug-likeness (QED) is 0.298. The largest absolute Gasteiger partial charge is 0.505 e. The molecule has 0 radical (unpaired) electrons. The third kappa shape index (κ3) is 8.84. The fraction of sp³-hybridized carbons (Fsp3) is 0.895. The fourth-order valence-electron chi connectivity index (χ4n) is 4.29. The van der Waals surface area contributed by atoms with Gasteiger partial charge in [0, 0.05) is 5.92 Å². The van der Waals surface area contributed by atoms with Gasteiger partial charge in [-0.25, -0.2) is 4.79 Å². The molecule has 2 fully saturated rings. The van der Waals surface area contributed by atoms with E-state index in [-0.39, 0.29) is 17.8 Å². The van der Waals surface area contributed by atoms with E-state index in [4.69, 9.17) is 14.4 Å². The third-order valence-electron chi connectivity index (χ3n) is 5.77. The highest BCUT2D eigenvalue weighted by Crippen LogP contribution is 2.35. The van der Waals surface area contributed by atoms with Crippen LogP contribution in [-0.2, 0) is 18.8 Å². The van der Waals surface area contributed by atoms with Gasteiger partial charge in [-0.1, -0.05) is 32.1 Å². The zero-order chi connectivity index (χ0) is 20.4. The van der Waals surface area contributed by atoms with Crippen molar-refractivity contribution in [3.8, 4) is 0 Å². The van der Waals surface area contributed by atoms with Crippen molar-refractivity contribution in [3.63, 3.8) is 0 Å². The smallest absolute Gasteiger partial charge is 0.428 e. The molecule has 0 aromatic carbocycles. The normalized spacial score (nSPS) is 24.9. The molecule has 4 atom stereocenters. The van der Waals surface area contributed by atoms with Crippen molar-refractivity contribution in [2.75, 3.05) is 13.0 Å². The topological polar surface area (TPSA) is 122 Å². The fourth-order valence-corrected chi connectivity index (χ4v) is 5.07. The first-order chi connectivity index (χ1) is 13.4. The number of aliphatic hydroxyl groups is 1. The van der Waals surface area contributed by atoms with Crippen molar-refractivity contribution in [1.29, 1.82) is 0 Å². The molecule has 8 nitrogen and oxygen atoms in total. The molecule has 4 unspecified atom stereocenters. The number of aliphatic hydroxyl groups excluding tert-OH is 1. The Kier molecular flexibility index (Phi) is 10.2. The van der Waals surface area contributed by atoms with Crippen molar-refractivity contribution < 1.29 is 33.6 Å². The summed E-state index contributed by atoms with van der Waals surface area (Å²) in [7, 11) is -2.10. The van der Waals surface area contributed by atoms with Crippen LogP contribution in [0.1, 0.15) is 70.6 Å². The minimum atomic E-state index is -2.10. The van der Waals surface area contributed by atoms with E-state index >= 15 is 0 Å². The molecule has 0 aliphatic heterocycles. The Hall–Kier alpha value is -1.24. The second kappa shape index (κ2) is 12.3. The molecule has 0 saturated heterocycles. The van der Waals surface area contributed by atoms with E-state index in [0.717, 1.165) is 64.2 Å². The number of hydrogen-bond donors (Lipinski definition) is 3. The van der Waals surface area contributed by atoms with Gasteiger partial charge in [0.15, 0.2) is 6.16 Å². The van der Waals surface area contributed by atoms with Gasteiger partial charge < -0.3 is 14.6 Å². The number of hydrogen-bond acceptors (Lipinski definition) is 6. The Morgan fingerprint density at radius 1 is 1.04 bits per heavy atom. The van der Waals surface area contributed by atoms with Gasteiger partial charge in [0.05, 0.1) is 5.92 Å². The third-order valence-corrected chi connectivity index (χ3v) is 6.60. The molecule has 0 aromatic heterocycles. The van der Waals surface area contributed by atoms with Gasteiger partial charge in [0.25, 0.3) is 0 Å². The van der Waals surface area contributed by atoms with E-state index in [1.807, 2.05) is 0 Å². The molecule has 2 aliphatic carbocycles. The maximum atomic E-state index is 11.9. The Labute approximate surface area is 167 Å². The van der Waals surface area contributed by atoms with Crippen molar-refractivity contribution in [3.05, 3.63) is 0 Å². The molecule has 1 amide bonds. The van der Waals surface area contributed by atoms with E-state index in [2.05, 4.69) is 5.32 Å². The highest BCUT2D eigenvalue weighted by atomic mass is 31.1. The van der Waals surface area contributed by atoms with Crippen LogP contribution in [0.3, 0.4) is 0 Å². The molecule has 2 saturated carbocycles. The predicted molar refractivity (Wildman–Crippen MR) is 103 cm³/mol. The highest BCUT2D eigenvalue weighted by molar-refractivity contribution is 7.38. The summed E-state index contributed by atoms with van der Waals surface area (Å²) in [6, 6.07) is 0. The molecule has 0 spiro atoms. The maximum Gasteiger partial charge on any atom is 0.505 e. The van der Waals surface area contributed by atoms with E-state index in [9.17, 15) is 19.3 Å². The average molecular weight is 418 g/mol. The number of alkyl carbamates (subject to hydrolysis) is 1. The van der Waals surface area contributed by atoms with Gasteiger partial charge in [0.2, 0.25) is 6.79 Å². The van der Waals surface area contributed by atoms with Gasteiger partial charge >= 0.3 is 20.1 Å². The summed E-state index contributed by atoms with van der Waals surface area (Å²) in [6.07, 6.45) is 8.36. The molecule has 2 rings (SSSR count). The van der Waals surface area contributed by atoms with Crippen LogP contribution in [0, 0.1) is 17.8 Å². The molecule has 3 N–H and O–H groups in total. The van der Waals surface area contributed by atoms with Crippen LogP contribution in [0.4, 0.5) is 4.79 Å². The van der Waals surface area contributed by atoms with E-state index in [1.54, 1.807) is 0 Å². The molecule has 160 valence electrons. The minimum Gasteiger partial charge on any atom is -0.428 e. The molecule has 0 aromatic rings. The lowest BCUT2D eigenvalue weighted by molar-refractivity contribution is -0.158. The Bertz CT molecular complexity index is 524. The maximum absolute atomic E-state index is 11.9. The van der Waals surface area contributed by atoms with E-state index in [1.165, 1.54) is 0 Å². The summed E-state index contributed by atoms with van der Waals surface area (Å²) in [6.45, 7) is -0.447. The van der Waals surface area contributed by atoms with Gasteiger partial charge in [-0.2, -0.15) is 4.89 Å². The number of ether oxygens (including phenoxy) is 2. The van der Waals surface area contributed by atoms with Gasteiger partial charge in [-0.05, 0) is 49.0 Å². The summed E-state index contributed by atoms with van der Waals surface area (Å²) in [5.74, 6) is 0.220. The second-order valence-electron chi connectivity index (χ2n) is 8.02. The molecule has 28 heavy (non-hydrogen) atoms. The van der Waals surface area contributed by atoms with Gasteiger partial charge in [-0.3, -0.25) is 10.1 Å². The van der Waals surface area contributed by atoms with Crippen LogP contribution in [0.25, 0.3) is 0 Å². The number of nitrogens with one attached hydrogen (secondary N) is 1. The second-order valence-corrected chi connectivity index (χ2v) is 9.09. The Morgan fingerprint density at radius 3 is 2.46 bits per heavy atom. The predicted octanol–water partition coefficient (Wildman–Crippen LogP) is 3.43. The average Bonchev–Trinajstić information content (AvgIpc) is 2.67. The van der Waals surface area contributed by atoms with Crippen molar-refractivity contribution in [2.24, 2.45) is 17.8 Å². The van der Waals surface area contributed by atoms with Crippen LogP contribution in [-0.4, -0.2) is 41.2 Å². The summed E-state index contributed by atoms with van der Waals surface area (Å²) in [5.41, 5.74) is 0. The van der Waals surface area contributed by atoms with Crippen LogP contribution >= 0.6 is 8.03 Å². The lowest BCUT2D eigenvalue weighted by Crippen LogP contribution is -2.36. The zero-order valence-corrected chi connectivity index (χ0v) is 17.3. The number of esters is 1. The molecular weight excluding hydrogens is 385 g/mol. The monoisotopic (exact) mass is 418 g/mol. The van der Waals surface area contributed by atoms with Crippen molar-refractivity contribution in [2.45, 2.75) is 76.9 Å². The first-order valence-corrected chi connectivity index (χ1v) is 11.8. The zero-order valence-electron chi connectivity index (χ0n) is 16.4. The van der Waals surface area contributed by atoms with Crippen LogP contribution in [0.5, 0.6) is 0 Å². The number of carbonyl (C=O) groups excluding carboxylic acids is 2. The summed E-state index contributed by atoms with van der Waals surface area (Å²) in [4.78, 5) is 32.6. The first kappa shape index (κ1) is 23.0. The molecule has 9 heteroatoms. The summed E-state index contributed by atoms with van der Waals surface area (Å²) >= 11 is 0. The van der Waals surface area contributed by atoms with Crippen LogP contribution in [0.2, 0.25) is 0 Å². The van der Waals surface area contributed by atoms with Gasteiger partial charge in [0.1, 0.15) is 6.23 Å². The summed E-state index contributed by atoms with van der Waals surface area (Å²) in [5, 5.41) is 12.3. The molecule has 0 heterocycles. The van der Waals surface area contributed by atoms with Gasteiger partial charge in [-0.15, -0.1) is 0 Å². The van der Waals surface area contributed by atoms with Crippen molar-refractivity contribution >= 4 is 20.1 Å². The lowest BCUT2D eigenvalue weighted by atomic mass is 9.80. The SMILES string of the molecule is O=C(NC(O)CCC1CCCC(C[P+](=O)O)C1)OCOC(=O)C1CCCCC1. The van der Waals surface area contributed by atoms with Crippen molar-refractivity contribution in [1.82, 2.24) is 5.32 Å². The molecular formula is C19H33NO7P+. The Balaban J connectivity index is 1.56.